The molecule has 0 radical (unpaired) electrons. The molecule has 0 amide bonds. The highest BCUT2D eigenvalue weighted by Gasteiger charge is 2.87. The van der Waals surface area contributed by atoms with Crippen LogP contribution in [0.25, 0.3) is 0 Å². The molecule has 4 heteroatoms. The third kappa shape index (κ3) is 0.993. The van der Waals surface area contributed by atoms with Crippen LogP contribution in [0.3, 0.4) is 0 Å². The van der Waals surface area contributed by atoms with Gasteiger partial charge in [0.05, 0.1) is 23.5 Å². The molecule has 0 aromatic carbocycles. The topological polar surface area (TPSA) is 51.4 Å². The molecule has 5 rings (SSSR count). The van der Waals surface area contributed by atoms with Crippen LogP contribution in [0.1, 0.15) is 40.0 Å². The van der Waals surface area contributed by atoms with E-state index >= 15 is 0 Å². The lowest BCUT2D eigenvalue weighted by molar-refractivity contribution is -0.147. The number of hydrogen-bond donors (Lipinski definition) is 0. The van der Waals surface area contributed by atoms with Crippen molar-refractivity contribution >= 4 is 5.97 Å². The zero-order valence-corrected chi connectivity index (χ0v) is 11.6. The third-order valence-corrected chi connectivity index (χ3v) is 6.82. The van der Waals surface area contributed by atoms with E-state index < -0.39 is 0 Å². The summed E-state index contributed by atoms with van der Waals surface area (Å²) in [6, 6.07) is 0. The van der Waals surface area contributed by atoms with E-state index in [1.807, 2.05) is 6.92 Å². The van der Waals surface area contributed by atoms with Crippen molar-refractivity contribution in [2.75, 3.05) is 0 Å². The monoisotopic (exact) mass is 264 g/mol. The predicted molar refractivity (Wildman–Crippen MR) is 65.4 cm³/mol. The quantitative estimate of drug-likeness (QED) is 0.493. The first kappa shape index (κ1) is 11.1. The van der Waals surface area contributed by atoms with Crippen LogP contribution < -0.4 is 0 Å². The molecule has 0 N–H and O–H groups in total. The Morgan fingerprint density at radius 2 is 2.11 bits per heavy atom. The van der Waals surface area contributed by atoms with Crippen LogP contribution in [0.5, 0.6) is 0 Å². The lowest BCUT2D eigenvalue weighted by Gasteiger charge is -2.30. The molecule has 2 aliphatic carbocycles. The first-order chi connectivity index (χ1) is 8.91. The summed E-state index contributed by atoms with van der Waals surface area (Å²) >= 11 is 0. The van der Waals surface area contributed by atoms with E-state index in [1.54, 1.807) is 0 Å². The zero-order chi connectivity index (χ0) is 13.2. The Morgan fingerprint density at radius 1 is 1.32 bits per heavy atom. The van der Waals surface area contributed by atoms with Crippen LogP contribution in [0.4, 0.5) is 0 Å². The Labute approximate surface area is 112 Å². The van der Waals surface area contributed by atoms with Crippen molar-refractivity contribution in [3.05, 3.63) is 0 Å². The standard InChI is InChI=1S/C15H20O4/c1-7-8-4-5-13(2)15(19-13)6-9-14(3,18-9)11(15)10(8)17-12(7)16/h7-11H,4-6H2,1-3H3/t7-,8-,9+,10-,11-,13-,14+,15+/m0/s1. The van der Waals surface area contributed by atoms with Gasteiger partial charge in [-0.3, -0.25) is 4.79 Å². The van der Waals surface area contributed by atoms with Crippen molar-refractivity contribution in [3.8, 4) is 0 Å². The maximum absolute atomic E-state index is 12.0. The van der Waals surface area contributed by atoms with Gasteiger partial charge in [0.2, 0.25) is 0 Å². The number of esters is 1. The lowest BCUT2D eigenvalue weighted by atomic mass is 9.76. The molecular formula is C15H20O4. The smallest absolute Gasteiger partial charge is 0.309 e. The van der Waals surface area contributed by atoms with Crippen LogP contribution in [0.2, 0.25) is 0 Å². The summed E-state index contributed by atoms with van der Waals surface area (Å²) in [6.07, 6.45) is 3.39. The Hall–Kier alpha value is -0.610. The molecule has 5 aliphatic rings. The van der Waals surface area contributed by atoms with Crippen LogP contribution >= 0.6 is 0 Å². The maximum Gasteiger partial charge on any atom is 0.309 e. The Morgan fingerprint density at radius 3 is 2.89 bits per heavy atom. The molecule has 0 aromatic heterocycles. The molecule has 3 saturated heterocycles. The summed E-state index contributed by atoms with van der Waals surface area (Å²) in [5.74, 6) is 0.588. The number of fused-ring (bicyclic) bond motifs is 4. The molecule has 0 aromatic rings. The highest BCUT2D eigenvalue weighted by Crippen LogP contribution is 2.75. The number of ether oxygens (including phenoxy) is 3. The van der Waals surface area contributed by atoms with Crippen molar-refractivity contribution in [3.63, 3.8) is 0 Å². The first-order valence-corrected chi connectivity index (χ1v) is 7.50. The Kier molecular flexibility index (Phi) is 1.59. The second-order valence-corrected chi connectivity index (χ2v) is 7.59. The van der Waals surface area contributed by atoms with Crippen molar-refractivity contribution in [2.24, 2.45) is 17.8 Å². The van der Waals surface area contributed by atoms with Gasteiger partial charge in [-0.2, -0.15) is 0 Å². The van der Waals surface area contributed by atoms with E-state index in [2.05, 4.69) is 13.8 Å². The minimum atomic E-state index is -0.116. The molecule has 2 saturated carbocycles. The van der Waals surface area contributed by atoms with Gasteiger partial charge < -0.3 is 14.2 Å². The minimum Gasteiger partial charge on any atom is -0.461 e. The Balaban J connectivity index is 1.63. The van der Waals surface area contributed by atoms with Crippen molar-refractivity contribution in [1.82, 2.24) is 0 Å². The largest absolute Gasteiger partial charge is 0.461 e. The second-order valence-electron chi connectivity index (χ2n) is 7.59. The van der Waals surface area contributed by atoms with E-state index in [-0.39, 0.29) is 40.7 Å². The van der Waals surface area contributed by atoms with Gasteiger partial charge in [-0.05, 0) is 26.7 Å². The normalized spacial score (nSPS) is 68.4. The minimum absolute atomic E-state index is 0.00400. The summed E-state index contributed by atoms with van der Waals surface area (Å²) in [7, 11) is 0. The number of carbonyl (C=O) groups is 1. The van der Waals surface area contributed by atoms with Gasteiger partial charge in [0.15, 0.2) is 0 Å². The summed E-state index contributed by atoms with van der Waals surface area (Å²) in [4.78, 5) is 12.0. The van der Waals surface area contributed by atoms with Gasteiger partial charge >= 0.3 is 5.97 Å². The van der Waals surface area contributed by atoms with Crippen molar-refractivity contribution in [2.45, 2.75) is 69.0 Å². The summed E-state index contributed by atoms with van der Waals surface area (Å²) in [6.45, 7) is 6.43. The van der Waals surface area contributed by atoms with Gasteiger partial charge in [0.1, 0.15) is 17.3 Å². The van der Waals surface area contributed by atoms with E-state index in [0.29, 0.717) is 12.0 Å². The second kappa shape index (κ2) is 2.73. The molecule has 3 aliphatic heterocycles. The summed E-state index contributed by atoms with van der Waals surface area (Å²) in [5.41, 5.74) is -0.197. The molecule has 8 atom stereocenters. The third-order valence-electron chi connectivity index (χ3n) is 6.82. The van der Waals surface area contributed by atoms with E-state index in [4.69, 9.17) is 14.2 Å². The van der Waals surface area contributed by atoms with Crippen LogP contribution in [-0.4, -0.2) is 35.0 Å². The molecule has 1 spiro atoms. The average molecular weight is 264 g/mol. The van der Waals surface area contributed by atoms with Gasteiger partial charge in [-0.25, -0.2) is 0 Å². The molecule has 104 valence electrons. The number of hydrogen-bond acceptors (Lipinski definition) is 4. The van der Waals surface area contributed by atoms with Crippen LogP contribution in [0.15, 0.2) is 0 Å². The van der Waals surface area contributed by atoms with Crippen LogP contribution in [0, 0.1) is 17.8 Å². The van der Waals surface area contributed by atoms with Gasteiger partial charge in [-0.1, -0.05) is 6.92 Å². The Bertz CT molecular complexity index is 504. The van der Waals surface area contributed by atoms with Gasteiger partial charge in [-0.15, -0.1) is 0 Å². The molecular weight excluding hydrogens is 244 g/mol. The zero-order valence-electron chi connectivity index (χ0n) is 11.6. The number of rotatable bonds is 0. The molecule has 0 unspecified atom stereocenters. The van der Waals surface area contributed by atoms with Gasteiger partial charge in [0.25, 0.3) is 0 Å². The fourth-order valence-corrected chi connectivity index (χ4v) is 5.50. The SMILES string of the molecule is C[C@@H]1C(=O)O[C@H]2[C@H]1CC[C@]1(C)O[C@@]13C[C@H]1O[C@@]1(C)[C@H]23. The fraction of sp³-hybridized carbons (Fsp3) is 0.933. The first-order valence-electron chi connectivity index (χ1n) is 7.50. The van der Waals surface area contributed by atoms with E-state index in [9.17, 15) is 4.79 Å². The molecule has 19 heavy (non-hydrogen) atoms. The van der Waals surface area contributed by atoms with Crippen LogP contribution in [-0.2, 0) is 19.0 Å². The highest BCUT2D eigenvalue weighted by atomic mass is 16.7. The predicted octanol–water partition coefficient (Wildman–Crippen LogP) is 1.66. The average Bonchev–Trinajstić information content (AvgIpc) is 3.07. The maximum atomic E-state index is 12.0. The highest BCUT2D eigenvalue weighted by molar-refractivity contribution is 5.75. The summed E-state index contributed by atoms with van der Waals surface area (Å²) < 4.78 is 17.9. The molecule has 4 nitrogen and oxygen atoms in total. The van der Waals surface area contributed by atoms with Crippen molar-refractivity contribution < 1.29 is 19.0 Å². The van der Waals surface area contributed by atoms with E-state index in [1.165, 1.54) is 0 Å². The molecule has 5 fully saturated rings. The number of epoxide rings is 2. The fourth-order valence-electron chi connectivity index (χ4n) is 5.50. The lowest BCUT2D eigenvalue weighted by Crippen LogP contribution is -2.43. The van der Waals surface area contributed by atoms with Gasteiger partial charge in [0, 0.05) is 12.3 Å². The molecule has 3 heterocycles. The molecule has 0 bridgehead atoms. The van der Waals surface area contributed by atoms with E-state index in [0.717, 1.165) is 19.3 Å². The number of carbonyl (C=O) groups excluding carboxylic acids is 1. The summed E-state index contributed by atoms with van der Waals surface area (Å²) in [5, 5.41) is 0. The van der Waals surface area contributed by atoms with Crippen molar-refractivity contribution in [1.29, 1.82) is 0 Å².